The highest BCUT2D eigenvalue weighted by Crippen LogP contribution is 2.23. The third-order valence-electron chi connectivity index (χ3n) is 4.59. The minimum absolute atomic E-state index is 0.279. The van der Waals surface area contributed by atoms with E-state index in [1.807, 2.05) is 54.0 Å². The number of hydrogen-bond acceptors (Lipinski definition) is 5. The minimum atomic E-state index is -0.944. The molecule has 0 saturated carbocycles. The van der Waals surface area contributed by atoms with Crippen molar-refractivity contribution < 1.29 is 19.1 Å². The first-order chi connectivity index (χ1) is 14.3. The molecule has 0 fully saturated rings. The molecule has 7 nitrogen and oxygen atoms in total. The third kappa shape index (κ3) is 6.86. The topological polar surface area (TPSA) is 111 Å². The number of hydrazine groups is 1. The van der Waals surface area contributed by atoms with Gasteiger partial charge in [-0.3, -0.25) is 19.8 Å². The van der Waals surface area contributed by atoms with E-state index in [-0.39, 0.29) is 12.6 Å². The Labute approximate surface area is 180 Å². The lowest BCUT2D eigenvalue weighted by molar-refractivity contribution is -0.148. The van der Waals surface area contributed by atoms with Crippen molar-refractivity contribution in [2.24, 2.45) is 11.8 Å². The highest BCUT2D eigenvalue weighted by atomic mass is 35.5. The number of carbonyl (C=O) groups is 3. The van der Waals surface area contributed by atoms with Crippen molar-refractivity contribution in [2.75, 3.05) is 6.61 Å². The van der Waals surface area contributed by atoms with Crippen molar-refractivity contribution in [2.45, 2.75) is 32.7 Å². The van der Waals surface area contributed by atoms with Gasteiger partial charge in [0.1, 0.15) is 0 Å². The van der Waals surface area contributed by atoms with E-state index in [0.29, 0.717) is 17.9 Å². The molecule has 2 rings (SSSR count). The van der Waals surface area contributed by atoms with Crippen molar-refractivity contribution in [3.8, 4) is 11.1 Å². The number of hydrogen-bond donors (Lipinski definition) is 3. The monoisotopic (exact) mass is 431 g/mol. The Morgan fingerprint density at radius 1 is 1.07 bits per heavy atom. The summed E-state index contributed by atoms with van der Waals surface area (Å²) in [6.07, 6.45) is 0.752. The summed E-state index contributed by atoms with van der Waals surface area (Å²) in [4.78, 5) is 35.5. The maximum absolute atomic E-state index is 12.0. The summed E-state index contributed by atoms with van der Waals surface area (Å²) in [5.74, 6) is 2.44. The fourth-order valence-corrected chi connectivity index (χ4v) is 3.29. The number of halogens is 1. The average molecular weight is 432 g/mol. The highest BCUT2D eigenvalue weighted by molar-refractivity contribution is 6.35. The van der Waals surface area contributed by atoms with E-state index in [2.05, 4.69) is 5.32 Å². The van der Waals surface area contributed by atoms with Gasteiger partial charge in [0.25, 0.3) is 0 Å². The SMILES string of the molecule is CCOC(=O)C(C)C[C@@H](Cc1ccc(-c2cccc(Cl)c2)cc1)NC(=O)C(=O)NN. The van der Waals surface area contributed by atoms with Crippen LogP contribution in [-0.2, 0) is 25.5 Å². The Kier molecular flexibility index (Phi) is 8.83. The lowest BCUT2D eigenvalue weighted by atomic mass is 9.95. The Bertz CT molecular complexity index is 886. The summed E-state index contributed by atoms with van der Waals surface area (Å²) in [7, 11) is 0. The van der Waals surface area contributed by atoms with E-state index in [4.69, 9.17) is 22.2 Å². The molecular weight excluding hydrogens is 406 g/mol. The van der Waals surface area contributed by atoms with Gasteiger partial charge in [0, 0.05) is 11.1 Å². The van der Waals surface area contributed by atoms with Gasteiger partial charge in [-0.25, -0.2) is 5.84 Å². The van der Waals surface area contributed by atoms with Crippen LogP contribution in [0.1, 0.15) is 25.8 Å². The van der Waals surface area contributed by atoms with Crippen LogP contribution in [0.3, 0.4) is 0 Å². The van der Waals surface area contributed by atoms with Crippen molar-refractivity contribution in [3.63, 3.8) is 0 Å². The first-order valence-electron chi connectivity index (χ1n) is 9.67. The number of amides is 2. The summed E-state index contributed by atoms with van der Waals surface area (Å²) >= 11 is 6.06. The van der Waals surface area contributed by atoms with E-state index in [1.54, 1.807) is 13.8 Å². The molecule has 1 unspecified atom stereocenters. The number of esters is 1. The van der Waals surface area contributed by atoms with Crippen LogP contribution < -0.4 is 16.6 Å². The van der Waals surface area contributed by atoms with Gasteiger partial charge >= 0.3 is 17.8 Å². The highest BCUT2D eigenvalue weighted by Gasteiger charge is 2.24. The first-order valence-corrected chi connectivity index (χ1v) is 10.0. The number of carbonyl (C=O) groups excluding carboxylic acids is 3. The molecule has 0 heterocycles. The molecule has 0 aromatic heterocycles. The maximum Gasteiger partial charge on any atom is 0.323 e. The summed E-state index contributed by atoms with van der Waals surface area (Å²) in [5.41, 5.74) is 4.75. The van der Waals surface area contributed by atoms with E-state index >= 15 is 0 Å². The van der Waals surface area contributed by atoms with Crippen LogP contribution in [0.5, 0.6) is 0 Å². The second-order valence-electron chi connectivity index (χ2n) is 6.94. The van der Waals surface area contributed by atoms with Gasteiger partial charge in [0.2, 0.25) is 0 Å². The Hall–Kier alpha value is -2.90. The van der Waals surface area contributed by atoms with Crippen LogP contribution in [0, 0.1) is 5.92 Å². The quantitative estimate of drug-likeness (QED) is 0.195. The van der Waals surface area contributed by atoms with E-state index in [9.17, 15) is 14.4 Å². The summed E-state index contributed by atoms with van der Waals surface area (Å²) in [5, 5.41) is 3.30. The number of nitrogens with one attached hydrogen (secondary N) is 2. The van der Waals surface area contributed by atoms with Gasteiger partial charge in [0.05, 0.1) is 12.5 Å². The molecule has 2 atom stereocenters. The molecular formula is C22H26ClN3O4. The molecule has 0 aliphatic carbocycles. The Morgan fingerprint density at radius 3 is 2.37 bits per heavy atom. The molecule has 2 amide bonds. The van der Waals surface area contributed by atoms with Crippen LogP contribution in [-0.4, -0.2) is 30.4 Å². The fraction of sp³-hybridized carbons (Fsp3) is 0.318. The molecule has 0 bridgehead atoms. The molecule has 2 aromatic rings. The number of rotatable bonds is 8. The Morgan fingerprint density at radius 2 is 1.77 bits per heavy atom. The van der Waals surface area contributed by atoms with E-state index in [1.165, 1.54) is 0 Å². The normalized spacial score (nSPS) is 12.5. The van der Waals surface area contributed by atoms with E-state index < -0.39 is 23.8 Å². The van der Waals surface area contributed by atoms with Crippen molar-refractivity contribution >= 4 is 29.4 Å². The predicted octanol–water partition coefficient (Wildman–Crippen LogP) is 2.61. The largest absolute Gasteiger partial charge is 0.466 e. The smallest absolute Gasteiger partial charge is 0.323 e. The van der Waals surface area contributed by atoms with Gasteiger partial charge in [-0.15, -0.1) is 0 Å². The fourth-order valence-electron chi connectivity index (χ4n) is 3.10. The van der Waals surface area contributed by atoms with Gasteiger partial charge in [-0.05, 0) is 48.6 Å². The van der Waals surface area contributed by atoms with Gasteiger partial charge in [0.15, 0.2) is 0 Å². The van der Waals surface area contributed by atoms with Crippen LogP contribution in [0.15, 0.2) is 48.5 Å². The lowest BCUT2D eigenvalue weighted by Crippen LogP contribution is -2.48. The number of ether oxygens (including phenoxy) is 1. The summed E-state index contributed by atoms with van der Waals surface area (Å²) in [6, 6.07) is 14.9. The predicted molar refractivity (Wildman–Crippen MR) is 115 cm³/mol. The molecule has 8 heteroatoms. The molecule has 0 spiro atoms. The van der Waals surface area contributed by atoms with Gasteiger partial charge < -0.3 is 10.1 Å². The van der Waals surface area contributed by atoms with Crippen molar-refractivity contribution in [1.82, 2.24) is 10.7 Å². The minimum Gasteiger partial charge on any atom is -0.466 e. The Balaban J connectivity index is 2.14. The van der Waals surface area contributed by atoms with Crippen LogP contribution in [0.4, 0.5) is 0 Å². The van der Waals surface area contributed by atoms with E-state index in [0.717, 1.165) is 16.7 Å². The average Bonchev–Trinajstić information content (AvgIpc) is 2.73. The zero-order chi connectivity index (χ0) is 22.1. The maximum atomic E-state index is 12.0. The molecule has 0 aliphatic heterocycles. The molecule has 2 aromatic carbocycles. The zero-order valence-corrected chi connectivity index (χ0v) is 17.7. The van der Waals surface area contributed by atoms with Crippen molar-refractivity contribution in [1.29, 1.82) is 0 Å². The van der Waals surface area contributed by atoms with Crippen LogP contribution in [0.25, 0.3) is 11.1 Å². The molecule has 0 aliphatic rings. The molecule has 0 saturated heterocycles. The lowest BCUT2D eigenvalue weighted by Gasteiger charge is -2.21. The van der Waals surface area contributed by atoms with Gasteiger partial charge in [-0.1, -0.05) is 54.9 Å². The zero-order valence-electron chi connectivity index (χ0n) is 17.0. The molecule has 30 heavy (non-hydrogen) atoms. The first kappa shape index (κ1) is 23.4. The van der Waals surface area contributed by atoms with Crippen molar-refractivity contribution in [3.05, 3.63) is 59.1 Å². The van der Waals surface area contributed by atoms with Gasteiger partial charge in [-0.2, -0.15) is 0 Å². The molecule has 4 N–H and O–H groups in total. The number of benzene rings is 2. The third-order valence-corrected chi connectivity index (χ3v) is 4.83. The molecule has 0 radical (unpaired) electrons. The second-order valence-corrected chi connectivity index (χ2v) is 7.38. The number of nitrogens with two attached hydrogens (primary N) is 1. The molecule has 160 valence electrons. The van der Waals surface area contributed by atoms with Crippen LogP contribution in [0.2, 0.25) is 5.02 Å². The summed E-state index contributed by atoms with van der Waals surface area (Å²) in [6.45, 7) is 3.74. The second kappa shape index (κ2) is 11.3. The standard InChI is InChI=1S/C22H26ClN3O4/c1-3-30-22(29)14(2)11-19(25-20(27)21(28)26-24)12-15-7-9-16(10-8-15)17-5-4-6-18(23)13-17/h4-10,13-14,19H,3,11-12,24H2,1-2H3,(H,25,27)(H,26,28)/t14?,19-/m0/s1. The summed E-state index contributed by atoms with van der Waals surface area (Å²) < 4.78 is 5.04. The van der Waals surface area contributed by atoms with Crippen LogP contribution >= 0.6 is 11.6 Å².